The zero-order valence-corrected chi connectivity index (χ0v) is 7.34. The van der Waals surface area contributed by atoms with E-state index < -0.39 is 11.7 Å². The summed E-state index contributed by atoms with van der Waals surface area (Å²) in [6.45, 7) is 0. The van der Waals surface area contributed by atoms with Crippen LogP contribution in [0.15, 0.2) is 24.3 Å². The summed E-state index contributed by atoms with van der Waals surface area (Å²) in [7, 11) is 1.47. The third-order valence-corrected chi connectivity index (χ3v) is 1.73. The van der Waals surface area contributed by atoms with Crippen LogP contribution < -0.4 is 4.90 Å². The Balaban J connectivity index is 2.96. The minimum atomic E-state index is -4.33. The van der Waals surface area contributed by atoms with E-state index in [1.165, 1.54) is 24.1 Å². The van der Waals surface area contributed by atoms with Crippen LogP contribution in [0.25, 0.3) is 0 Å². The largest absolute Gasteiger partial charge is 0.416 e. The molecule has 74 valence electrons. The van der Waals surface area contributed by atoms with Crippen LogP contribution in [0.1, 0.15) is 5.56 Å². The van der Waals surface area contributed by atoms with Crippen molar-refractivity contribution in [2.24, 2.45) is 0 Å². The topological polar surface area (TPSA) is 27.0 Å². The van der Waals surface area contributed by atoms with E-state index in [1.807, 2.05) is 0 Å². The van der Waals surface area contributed by atoms with E-state index in [0.29, 0.717) is 5.69 Å². The summed E-state index contributed by atoms with van der Waals surface area (Å²) in [6.07, 6.45) is -2.54. The van der Waals surface area contributed by atoms with Gasteiger partial charge in [-0.25, -0.2) is 0 Å². The molecule has 0 atom stereocenters. The summed E-state index contributed by atoms with van der Waals surface area (Å²) >= 11 is 0. The molecular weight excluding hydrogens is 193 g/mol. The first-order valence-corrected chi connectivity index (χ1v) is 3.76. The van der Waals surface area contributed by atoms with Crippen LogP contribution in [0.3, 0.4) is 0 Å². The summed E-state index contributed by atoms with van der Waals surface area (Å²) in [5.41, 5.74) is -0.284. The highest BCUT2D eigenvalue weighted by molar-refractivity contribution is 5.50. The molecule has 1 aromatic rings. The highest BCUT2D eigenvalue weighted by atomic mass is 19.4. The second-order valence-electron chi connectivity index (χ2n) is 2.70. The fourth-order valence-electron chi connectivity index (χ4n) is 0.932. The predicted octanol–water partition coefficient (Wildman–Crippen LogP) is 2.62. The molecule has 0 bridgehead atoms. The molecule has 1 aromatic carbocycles. The molecule has 0 fully saturated rings. The van der Waals surface area contributed by atoms with Crippen LogP contribution in [0.2, 0.25) is 0 Å². The zero-order chi connectivity index (χ0) is 10.8. The molecule has 0 spiro atoms. The van der Waals surface area contributed by atoms with Crippen LogP contribution in [0.4, 0.5) is 18.9 Å². The quantitative estimate of drug-likeness (QED) is 0.514. The van der Waals surface area contributed by atoms with Crippen molar-refractivity contribution in [3.63, 3.8) is 0 Å². The molecule has 0 aliphatic heterocycles. The van der Waals surface area contributed by atoms with Gasteiger partial charge in [-0.3, -0.25) is 4.90 Å². The normalized spacial score (nSPS) is 10.8. The van der Waals surface area contributed by atoms with Gasteiger partial charge >= 0.3 is 6.18 Å². The summed E-state index contributed by atoms with van der Waals surface area (Å²) in [5.74, 6) is 0. The van der Waals surface area contributed by atoms with Crippen molar-refractivity contribution >= 4 is 5.69 Å². The van der Waals surface area contributed by atoms with E-state index in [4.69, 9.17) is 5.26 Å². The van der Waals surface area contributed by atoms with Gasteiger partial charge in [-0.15, -0.1) is 0 Å². The predicted molar refractivity (Wildman–Crippen MR) is 45.5 cm³/mol. The van der Waals surface area contributed by atoms with Crippen LogP contribution in [0, 0.1) is 11.5 Å². The first-order chi connectivity index (χ1) is 6.45. The molecule has 0 aliphatic rings. The number of nitrogens with zero attached hydrogens (tertiary/aromatic N) is 2. The molecule has 0 aromatic heterocycles. The van der Waals surface area contributed by atoms with Gasteiger partial charge in [-0.2, -0.15) is 18.4 Å². The number of halogens is 3. The van der Waals surface area contributed by atoms with Gasteiger partial charge in [0.25, 0.3) is 0 Å². The van der Waals surface area contributed by atoms with Crippen LogP contribution in [0.5, 0.6) is 0 Å². The lowest BCUT2D eigenvalue weighted by atomic mass is 10.2. The summed E-state index contributed by atoms with van der Waals surface area (Å²) in [4.78, 5) is 1.18. The minimum Gasteiger partial charge on any atom is -0.283 e. The Labute approximate surface area is 79.2 Å². The Morgan fingerprint density at radius 3 is 2.07 bits per heavy atom. The second-order valence-corrected chi connectivity index (χ2v) is 2.70. The number of hydrogen-bond acceptors (Lipinski definition) is 2. The number of nitriles is 1. The SMILES string of the molecule is CN(C#N)c1ccc(C(F)(F)F)cc1. The zero-order valence-electron chi connectivity index (χ0n) is 7.34. The van der Waals surface area contributed by atoms with Gasteiger partial charge < -0.3 is 0 Å². The third kappa shape index (κ3) is 2.16. The monoisotopic (exact) mass is 200 g/mol. The van der Waals surface area contributed by atoms with Crippen molar-refractivity contribution in [2.75, 3.05) is 11.9 Å². The summed E-state index contributed by atoms with van der Waals surface area (Å²) in [6, 6.07) is 4.41. The Hall–Kier alpha value is -1.70. The van der Waals surface area contributed by atoms with Crippen molar-refractivity contribution in [3.8, 4) is 6.19 Å². The molecule has 0 radical (unpaired) electrons. The van der Waals surface area contributed by atoms with Crippen LogP contribution in [-0.2, 0) is 6.18 Å². The molecule has 0 heterocycles. The molecule has 0 amide bonds. The van der Waals surface area contributed by atoms with E-state index >= 15 is 0 Å². The lowest BCUT2D eigenvalue weighted by molar-refractivity contribution is -0.137. The van der Waals surface area contributed by atoms with Gasteiger partial charge in [0.2, 0.25) is 0 Å². The Bertz CT molecular complexity index is 348. The smallest absolute Gasteiger partial charge is 0.283 e. The van der Waals surface area contributed by atoms with E-state index in [1.54, 1.807) is 6.19 Å². The van der Waals surface area contributed by atoms with Gasteiger partial charge in [0.1, 0.15) is 0 Å². The van der Waals surface area contributed by atoms with Crippen LogP contribution in [-0.4, -0.2) is 7.05 Å². The molecule has 14 heavy (non-hydrogen) atoms. The van der Waals surface area contributed by atoms with Gasteiger partial charge in [0.05, 0.1) is 11.3 Å². The summed E-state index contributed by atoms with van der Waals surface area (Å²) < 4.78 is 36.4. The van der Waals surface area contributed by atoms with Crippen molar-refractivity contribution in [3.05, 3.63) is 29.8 Å². The Kier molecular flexibility index (Phi) is 2.65. The maximum absolute atomic E-state index is 12.1. The number of hydrogen-bond donors (Lipinski definition) is 0. The van der Waals surface area contributed by atoms with Crippen molar-refractivity contribution in [1.29, 1.82) is 5.26 Å². The second kappa shape index (κ2) is 3.58. The average molecular weight is 200 g/mol. The summed E-state index contributed by atoms with van der Waals surface area (Å²) in [5, 5.41) is 8.47. The lowest BCUT2D eigenvalue weighted by Gasteiger charge is -2.10. The third-order valence-electron chi connectivity index (χ3n) is 1.73. The average Bonchev–Trinajstić information content (AvgIpc) is 2.15. The lowest BCUT2D eigenvalue weighted by Crippen LogP contribution is -2.09. The number of benzene rings is 1. The first-order valence-electron chi connectivity index (χ1n) is 3.76. The number of anilines is 1. The van der Waals surface area contributed by atoms with Gasteiger partial charge in [-0.1, -0.05) is 0 Å². The molecule has 5 heteroatoms. The Morgan fingerprint density at radius 1 is 1.21 bits per heavy atom. The first kappa shape index (κ1) is 10.4. The maximum atomic E-state index is 12.1. The Morgan fingerprint density at radius 2 is 1.71 bits per heavy atom. The molecule has 1 rings (SSSR count). The molecule has 2 nitrogen and oxygen atoms in total. The van der Waals surface area contributed by atoms with E-state index in [0.717, 1.165) is 12.1 Å². The highest BCUT2D eigenvalue weighted by Crippen LogP contribution is 2.30. The number of rotatable bonds is 1. The van der Waals surface area contributed by atoms with E-state index in [-0.39, 0.29) is 0 Å². The van der Waals surface area contributed by atoms with E-state index in [2.05, 4.69) is 0 Å². The van der Waals surface area contributed by atoms with Gasteiger partial charge in [-0.05, 0) is 24.3 Å². The van der Waals surface area contributed by atoms with Crippen molar-refractivity contribution in [2.45, 2.75) is 6.18 Å². The molecule has 0 N–H and O–H groups in total. The van der Waals surface area contributed by atoms with E-state index in [9.17, 15) is 13.2 Å². The minimum absolute atomic E-state index is 0.431. The highest BCUT2D eigenvalue weighted by Gasteiger charge is 2.29. The molecule has 0 aliphatic carbocycles. The molecule has 0 saturated carbocycles. The fourth-order valence-corrected chi connectivity index (χ4v) is 0.932. The molecule has 0 unspecified atom stereocenters. The van der Waals surface area contributed by atoms with Crippen molar-refractivity contribution in [1.82, 2.24) is 0 Å². The fraction of sp³-hybridized carbons (Fsp3) is 0.222. The number of alkyl halides is 3. The standard InChI is InChI=1S/C9H7F3N2/c1-14(6-13)8-4-2-7(3-5-8)9(10,11)12/h2-5H,1H3. The van der Waals surface area contributed by atoms with Crippen molar-refractivity contribution < 1.29 is 13.2 Å². The molecular formula is C9H7F3N2. The van der Waals surface area contributed by atoms with Gasteiger partial charge in [0.15, 0.2) is 6.19 Å². The van der Waals surface area contributed by atoms with Crippen LogP contribution >= 0.6 is 0 Å². The molecule has 0 saturated heterocycles. The maximum Gasteiger partial charge on any atom is 0.416 e. The van der Waals surface area contributed by atoms with Gasteiger partial charge in [0, 0.05) is 7.05 Å².